The maximum Gasteiger partial charge on any atom is 0.241 e. The minimum absolute atomic E-state index is 0. The molecule has 1 aromatic carbocycles. The van der Waals surface area contributed by atoms with Gasteiger partial charge in [-0.3, -0.25) is 4.79 Å². The molecule has 0 unspecified atom stereocenters. The number of aromatic nitrogens is 4. The molecule has 1 atom stereocenters. The number of hydrogen-bond donors (Lipinski definition) is 2. The number of halogens is 1. The van der Waals surface area contributed by atoms with Crippen LogP contribution in [0.3, 0.4) is 0 Å². The molecule has 2 rings (SSSR count). The van der Waals surface area contributed by atoms with Gasteiger partial charge in [0.2, 0.25) is 5.91 Å². The third-order valence-electron chi connectivity index (χ3n) is 3.19. The predicted octanol–water partition coefficient (Wildman–Crippen LogP) is 1.80. The maximum atomic E-state index is 12.0. The second-order valence-corrected chi connectivity index (χ2v) is 5.76. The fourth-order valence-electron chi connectivity index (χ4n) is 1.97. The molecule has 0 aliphatic carbocycles. The molecule has 0 saturated heterocycles. The van der Waals surface area contributed by atoms with Crippen LogP contribution in [0.25, 0.3) is 11.4 Å². The summed E-state index contributed by atoms with van der Waals surface area (Å²) in [5.41, 5.74) is 7.40. The molecule has 7 nitrogen and oxygen atoms in total. The number of rotatable bonds is 7. The van der Waals surface area contributed by atoms with E-state index < -0.39 is 6.04 Å². The first-order valence-corrected chi connectivity index (χ1v) is 8.47. The number of tetrazole rings is 1. The van der Waals surface area contributed by atoms with E-state index in [4.69, 9.17) is 5.73 Å². The highest BCUT2D eigenvalue weighted by atomic mass is 35.5. The van der Waals surface area contributed by atoms with Crippen molar-refractivity contribution < 1.29 is 4.79 Å². The molecule has 0 bridgehead atoms. The van der Waals surface area contributed by atoms with Crippen LogP contribution >= 0.6 is 24.2 Å². The van der Waals surface area contributed by atoms with Crippen molar-refractivity contribution in [3.63, 3.8) is 0 Å². The SMILES string of the molecule is CCn1nnnc1-c1cccc(NC(=O)[C@@H](N)CCSC)c1.Cl. The van der Waals surface area contributed by atoms with Crippen LogP contribution in [0, 0.1) is 0 Å². The Morgan fingerprint density at radius 1 is 1.48 bits per heavy atom. The molecular weight excluding hydrogens is 336 g/mol. The van der Waals surface area contributed by atoms with Gasteiger partial charge in [0.15, 0.2) is 5.82 Å². The summed E-state index contributed by atoms with van der Waals surface area (Å²) in [6.45, 7) is 2.65. The van der Waals surface area contributed by atoms with Crippen LogP contribution in [-0.2, 0) is 11.3 Å². The quantitative estimate of drug-likeness (QED) is 0.784. The van der Waals surface area contributed by atoms with Gasteiger partial charge in [-0.05, 0) is 47.9 Å². The van der Waals surface area contributed by atoms with Crippen molar-refractivity contribution in [3.8, 4) is 11.4 Å². The van der Waals surface area contributed by atoms with Gasteiger partial charge in [0.25, 0.3) is 0 Å². The number of thioether (sulfide) groups is 1. The molecule has 1 aromatic heterocycles. The van der Waals surface area contributed by atoms with Crippen molar-refractivity contribution in [2.45, 2.75) is 25.9 Å². The van der Waals surface area contributed by atoms with Gasteiger partial charge in [-0.2, -0.15) is 11.8 Å². The fraction of sp³-hybridized carbons (Fsp3) is 0.429. The van der Waals surface area contributed by atoms with Gasteiger partial charge in [0.1, 0.15) is 0 Å². The number of benzene rings is 1. The Hall–Kier alpha value is -1.64. The number of aryl methyl sites for hydroxylation is 1. The molecule has 3 N–H and O–H groups in total. The number of carbonyl (C=O) groups excluding carboxylic acids is 1. The Balaban J connectivity index is 0.00000264. The van der Waals surface area contributed by atoms with E-state index in [0.29, 0.717) is 24.5 Å². The topological polar surface area (TPSA) is 98.7 Å². The van der Waals surface area contributed by atoms with Crippen LogP contribution in [0.5, 0.6) is 0 Å². The first kappa shape index (κ1) is 19.4. The van der Waals surface area contributed by atoms with Gasteiger partial charge >= 0.3 is 0 Å². The second-order valence-electron chi connectivity index (χ2n) is 4.78. The summed E-state index contributed by atoms with van der Waals surface area (Å²) >= 11 is 1.67. The lowest BCUT2D eigenvalue weighted by atomic mass is 10.1. The number of carbonyl (C=O) groups is 1. The smallest absolute Gasteiger partial charge is 0.241 e. The lowest BCUT2D eigenvalue weighted by Crippen LogP contribution is -2.36. The first-order valence-electron chi connectivity index (χ1n) is 7.07. The minimum atomic E-state index is -0.503. The van der Waals surface area contributed by atoms with E-state index in [1.807, 2.05) is 37.4 Å². The Kier molecular flexibility index (Phi) is 8.01. The summed E-state index contributed by atoms with van der Waals surface area (Å²) in [6.07, 6.45) is 2.65. The second kappa shape index (κ2) is 9.49. The number of anilines is 1. The van der Waals surface area contributed by atoms with Gasteiger partial charge in [-0.1, -0.05) is 12.1 Å². The van der Waals surface area contributed by atoms with Crippen LogP contribution in [0.15, 0.2) is 24.3 Å². The number of nitrogens with two attached hydrogens (primary N) is 1. The molecule has 23 heavy (non-hydrogen) atoms. The molecule has 9 heteroatoms. The van der Waals surface area contributed by atoms with Gasteiger partial charge in [-0.25, -0.2) is 4.68 Å². The van der Waals surface area contributed by atoms with Gasteiger partial charge in [0, 0.05) is 17.8 Å². The van der Waals surface area contributed by atoms with Crippen molar-refractivity contribution in [2.75, 3.05) is 17.3 Å². The van der Waals surface area contributed by atoms with Gasteiger partial charge < -0.3 is 11.1 Å². The molecule has 0 spiro atoms. The highest BCUT2D eigenvalue weighted by Gasteiger charge is 2.14. The molecule has 0 aliphatic heterocycles. The monoisotopic (exact) mass is 356 g/mol. The van der Waals surface area contributed by atoms with E-state index in [2.05, 4.69) is 20.8 Å². The summed E-state index contributed by atoms with van der Waals surface area (Å²) in [4.78, 5) is 12.0. The lowest BCUT2D eigenvalue weighted by Gasteiger charge is -2.12. The molecule has 1 amide bonds. The fourth-order valence-corrected chi connectivity index (χ4v) is 2.46. The molecule has 0 radical (unpaired) electrons. The van der Waals surface area contributed by atoms with E-state index in [9.17, 15) is 4.79 Å². The third-order valence-corrected chi connectivity index (χ3v) is 3.83. The van der Waals surface area contributed by atoms with E-state index in [1.165, 1.54) is 0 Å². The van der Waals surface area contributed by atoms with E-state index in [1.54, 1.807) is 16.4 Å². The van der Waals surface area contributed by atoms with Crippen molar-refractivity contribution >= 4 is 35.8 Å². The zero-order valence-corrected chi connectivity index (χ0v) is 14.7. The largest absolute Gasteiger partial charge is 0.325 e. The van der Waals surface area contributed by atoms with Crippen LogP contribution in [-0.4, -0.2) is 44.2 Å². The van der Waals surface area contributed by atoms with Crippen LogP contribution < -0.4 is 11.1 Å². The molecule has 1 heterocycles. The summed E-state index contributed by atoms with van der Waals surface area (Å²) < 4.78 is 1.70. The summed E-state index contributed by atoms with van der Waals surface area (Å²) in [5, 5.41) is 14.4. The summed E-state index contributed by atoms with van der Waals surface area (Å²) in [7, 11) is 0. The lowest BCUT2D eigenvalue weighted by molar-refractivity contribution is -0.117. The highest BCUT2D eigenvalue weighted by molar-refractivity contribution is 7.98. The van der Waals surface area contributed by atoms with E-state index in [-0.39, 0.29) is 18.3 Å². The number of nitrogens with one attached hydrogen (secondary N) is 1. The van der Waals surface area contributed by atoms with Gasteiger partial charge in [0.05, 0.1) is 6.04 Å². The zero-order chi connectivity index (χ0) is 15.9. The van der Waals surface area contributed by atoms with Crippen molar-refractivity contribution in [1.82, 2.24) is 20.2 Å². The van der Waals surface area contributed by atoms with Crippen molar-refractivity contribution in [2.24, 2.45) is 5.73 Å². The van der Waals surface area contributed by atoms with Crippen LogP contribution in [0.1, 0.15) is 13.3 Å². The zero-order valence-electron chi connectivity index (χ0n) is 13.1. The Morgan fingerprint density at radius 3 is 2.96 bits per heavy atom. The standard InChI is InChI=1S/C14H20N6OS.ClH/c1-3-20-13(17-18-19-20)10-5-4-6-11(9-10)16-14(21)12(15)7-8-22-2;/h4-6,9,12H,3,7-8,15H2,1-2H3,(H,16,21);1H/t12-;/m0./s1. The van der Waals surface area contributed by atoms with Crippen molar-refractivity contribution in [3.05, 3.63) is 24.3 Å². The normalized spacial score (nSPS) is 11.6. The molecule has 0 fully saturated rings. The van der Waals surface area contributed by atoms with Crippen LogP contribution in [0.4, 0.5) is 5.69 Å². The predicted molar refractivity (Wildman–Crippen MR) is 95.8 cm³/mol. The van der Waals surface area contributed by atoms with E-state index in [0.717, 1.165) is 11.3 Å². The van der Waals surface area contributed by atoms with Gasteiger partial charge in [-0.15, -0.1) is 17.5 Å². The molecule has 0 saturated carbocycles. The number of hydrogen-bond acceptors (Lipinski definition) is 6. The highest BCUT2D eigenvalue weighted by Crippen LogP contribution is 2.20. The Morgan fingerprint density at radius 2 is 2.26 bits per heavy atom. The average molecular weight is 357 g/mol. The summed E-state index contributed by atoms with van der Waals surface area (Å²) in [5.74, 6) is 1.35. The van der Waals surface area contributed by atoms with Crippen molar-refractivity contribution in [1.29, 1.82) is 0 Å². The number of nitrogens with zero attached hydrogens (tertiary/aromatic N) is 4. The summed E-state index contributed by atoms with van der Waals surface area (Å²) in [6, 6.07) is 6.92. The minimum Gasteiger partial charge on any atom is -0.325 e. The van der Waals surface area contributed by atoms with E-state index >= 15 is 0 Å². The molecular formula is C14H21ClN6OS. The maximum absolute atomic E-state index is 12.0. The molecule has 2 aromatic rings. The van der Waals surface area contributed by atoms with Crippen LogP contribution in [0.2, 0.25) is 0 Å². The average Bonchev–Trinajstić information content (AvgIpc) is 3.01. The Bertz CT molecular complexity index is 635. The molecule has 126 valence electrons. The molecule has 0 aliphatic rings. The third kappa shape index (κ3) is 5.19. The first-order chi connectivity index (χ1) is 10.7. The Labute approximate surface area is 145 Å². The number of amides is 1.